The summed E-state index contributed by atoms with van der Waals surface area (Å²) >= 11 is 0. The average Bonchev–Trinajstić information content (AvgIpc) is 3.04. The van der Waals surface area contributed by atoms with Crippen molar-refractivity contribution in [1.29, 1.82) is 0 Å². The number of ether oxygens (including phenoxy) is 1. The third kappa shape index (κ3) is 6.29. The van der Waals surface area contributed by atoms with E-state index >= 15 is 0 Å². The van der Waals surface area contributed by atoms with Gasteiger partial charge in [-0.3, -0.25) is 9.69 Å². The first-order valence-corrected chi connectivity index (χ1v) is 15.0. The molecule has 2 aliphatic rings. The molecule has 6 nitrogen and oxygen atoms in total. The Bertz CT molecular complexity index is 1460. The summed E-state index contributed by atoms with van der Waals surface area (Å²) in [7, 11) is 1.66. The molecule has 0 bridgehead atoms. The van der Waals surface area contributed by atoms with Crippen LogP contribution in [0.4, 0.5) is 0 Å². The topological polar surface area (TPSA) is 57.7 Å². The molecule has 0 unspecified atom stereocenters. The molecule has 0 aliphatic carbocycles. The molecule has 0 saturated carbocycles. The van der Waals surface area contributed by atoms with Crippen LogP contribution in [0.2, 0.25) is 0 Å². The Balaban J connectivity index is 1.32. The zero-order valence-electron chi connectivity index (χ0n) is 24.0. The summed E-state index contributed by atoms with van der Waals surface area (Å²) in [6.45, 7) is 5.72. The van der Waals surface area contributed by atoms with Crippen molar-refractivity contribution in [3.63, 3.8) is 0 Å². The number of para-hydroxylation sites is 1. The zero-order chi connectivity index (χ0) is 28.0. The Morgan fingerprint density at radius 1 is 0.878 bits per heavy atom. The molecule has 4 aromatic rings. The first-order chi connectivity index (χ1) is 20.2. The molecule has 212 valence electrons. The third-order valence-electron chi connectivity index (χ3n) is 8.73. The van der Waals surface area contributed by atoms with Crippen molar-refractivity contribution >= 4 is 16.8 Å². The maximum absolute atomic E-state index is 14.1. The smallest absolute Gasteiger partial charge is 0.252 e. The predicted molar refractivity (Wildman–Crippen MR) is 165 cm³/mol. The lowest BCUT2D eigenvalue weighted by molar-refractivity contribution is 0.0885. The van der Waals surface area contributed by atoms with Crippen LogP contribution in [0.25, 0.3) is 22.2 Å². The normalized spacial score (nSPS) is 17.0. The number of nitrogens with one attached hydrogen (secondary N) is 1. The Labute approximate surface area is 243 Å². The molecule has 2 aliphatic heterocycles. The number of hydrogen-bond acceptors (Lipinski definition) is 5. The van der Waals surface area contributed by atoms with Gasteiger partial charge in [0.25, 0.3) is 5.91 Å². The monoisotopic (exact) mass is 548 g/mol. The minimum atomic E-state index is -0.0604. The van der Waals surface area contributed by atoms with E-state index in [2.05, 4.69) is 27.2 Å². The molecule has 2 saturated heterocycles. The molecule has 6 heteroatoms. The lowest BCUT2D eigenvalue weighted by Gasteiger charge is -2.40. The highest BCUT2D eigenvalue weighted by molar-refractivity contribution is 6.09. The maximum atomic E-state index is 14.1. The molecule has 3 heterocycles. The first kappa shape index (κ1) is 27.4. The summed E-state index contributed by atoms with van der Waals surface area (Å²) in [6.07, 6.45) is 6.40. The van der Waals surface area contributed by atoms with Crippen LogP contribution >= 0.6 is 0 Å². The van der Waals surface area contributed by atoms with Gasteiger partial charge < -0.3 is 15.0 Å². The number of aromatic nitrogens is 1. The van der Waals surface area contributed by atoms with Crippen LogP contribution in [0.3, 0.4) is 0 Å². The fraction of sp³-hybridized carbons (Fsp3) is 0.371. The number of likely N-dealkylation sites (tertiary alicyclic amines) is 2. The van der Waals surface area contributed by atoms with Crippen LogP contribution in [0.1, 0.15) is 53.6 Å². The summed E-state index contributed by atoms with van der Waals surface area (Å²) in [5, 5.41) is 4.12. The van der Waals surface area contributed by atoms with E-state index < -0.39 is 0 Å². The van der Waals surface area contributed by atoms with Crippen molar-refractivity contribution in [1.82, 2.24) is 20.1 Å². The van der Waals surface area contributed by atoms with Gasteiger partial charge in [-0.1, -0.05) is 67.1 Å². The second kappa shape index (κ2) is 12.8. The van der Waals surface area contributed by atoms with Gasteiger partial charge in [0.2, 0.25) is 0 Å². The highest BCUT2D eigenvalue weighted by atomic mass is 16.5. The second-order valence-corrected chi connectivity index (χ2v) is 11.3. The number of nitrogens with zero attached hydrogens (tertiary/aromatic N) is 3. The van der Waals surface area contributed by atoms with Gasteiger partial charge in [0, 0.05) is 35.6 Å². The van der Waals surface area contributed by atoms with Crippen molar-refractivity contribution in [3.8, 4) is 17.0 Å². The summed E-state index contributed by atoms with van der Waals surface area (Å²) in [5.41, 5.74) is 5.56. The van der Waals surface area contributed by atoms with E-state index in [1.165, 1.54) is 45.2 Å². The quantitative estimate of drug-likeness (QED) is 0.280. The molecular formula is C35H40N4O2. The molecule has 0 radical (unpaired) electrons. The standard InChI is InChI=1S/C35H40N4O2/c1-41-29-16-14-26(15-17-29)24-36-35(40)33-30-12-6-7-13-32(30)37-34(27-10-4-2-5-11-27)31(33)25-38-22-18-28(19-23-38)39-20-8-3-9-21-39/h2,4-7,10-17,28H,3,8-9,18-25H2,1H3,(H,36,40). The van der Waals surface area contributed by atoms with Gasteiger partial charge >= 0.3 is 0 Å². The molecule has 1 amide bonds. The Morgan fingerprint density at radius 3 is 2.32 bits per heavy atom. The summed E-state index contributed by atoms with van der Waals surface area (Å²) in [4.78, 5) is 24.5. The number of hydrogen-bond donors (Lipinski definition) is 1. The predicted octanol–water partition coefficient (Wildman–Crippen LogP) is 6.29. The number of rotatable bonds is 8. The van der Waals surface area contributed by atoms with Crippen LogP contribution in [-0.2, 0) is 13.1 Å². The van der Waals surface area contributed by atoms with Crippen LogP contribution in [-0.4, -0.2) is 60.0 Å². The lowest BCUT2D eigenvalue weighted by Crippen LogP contribution is -2.46. The van der Waals surface area contributed by atoms with Gasteiger partial charge in [0.1, 0.15) is 5.75 Å². The number of amides is 1. The Morgan fingerprint density at radius 2 is 1.59 bits per heavy atom. The Hall–Kier alpha value is -3.74. The molecule has 0 spiro atoms. The van der Waals surface area contributed by atoms with E-state index in [1.54, 1.807) is 7.11 Å². The van der Waals surface area contributed by atoms with Crippen molar-refractivity contribution in [2.75, 3.05) is 33.3 Å². The SMILES string of the molecule is COc1ccc(CNC(=O)c2c(CN3CCC(N4CCCCC4)CC3)c(-c3ccccc3)nc3ccccc23)cc1. The lowest BCUT2D eigenvalue weighted by atomic mass is 9.94. The zero-order valence-corrected chi connectivity index (χ0v) is 24.0. The van der Waals surface area contributed by atoms with Gasteiger partial charge in [0.05, 0.1) is 23.9 Å². The summed E-state index contributed by atoms with van der Waals surface area (Å²) in [6, 6.07) is 26.9. The largest absolute Gasteiger partial charge is 0.497 e. The Kier molecular flexibility index (Phi) is 8.59. The molecule has 1 aromatic heterocycles. The van der Waals surface area contributed by atoms with E-state index in [-0.39, 0.29) is 5.91 Å². The number of methoxy groups -OCH3 is 1. The molecular weight excluding hydrogens is 508 g/mol. The van der Waals surface area contributed by atoms with Crippen molar-refractivity contribution in [3.05, 3.63) is 95.6 Å². The summed E-state index contributed by atoms with van der Waals surface area (Å²) < 4.78 is 5.29. The van der Waals surface area contributed by atoms with Crippen LogP contribution in [0.5, 0.6) is 5.75 Å². The minimum Gasteiger partial charge on any atom is -0.497 e. The van der Waals surface area contributed by atoms with Gasteiger partial charge in [-0.25, -0.2) is 4.98 Å². The number of piperidine rings is 2. The van der Waals surface area contributed by atoms with E-state index in [1.807, 2.05) is 66.7 Å². The van der Waals surface area contributed by atoms with Gasteiger partial charge in [0.15, 0.2) is 0 Å². The van der Waals surface area contributed by atoms with Gasteiger partial charge in [-0.05, 0) is 75.6 Å². The number of carbonyl (C=O) groups is 1. The van der Waals surface area contributed by atoms with Gasteiger partial charge in [-0.2, -0.15) is 0 Å². The minimum absolute atomic E-state index is 0.0604. The first-order valence-electron chi connectivity index (χ1n) is 15.0. The molecule has 6 rings (SSSR count). The molecule has 1 N–H and O–H groups in total. The number of pyridine rings is 1. The van der Waals surface area contributed by atoms with Crippen molar-refractivity contribution < 1.29 is 9.53 Å². The highest BCUT2D eigenvalue weighted by Crippen LogP contribution is 2.32. The van der Waals surface area contributed by atoms with Crippen LogP contribution in [0, 0.1) is 0 Å². The average molecular weight is 549 g/mol. The molecule has 2 fully saturated rings. The molecule has 3 aromatic carbocycles. The highest BCUT2D eigenvalue weighted by Gasteiger charge is 2.28. The van der Waals surface area contributed by atoms with E-state index in [9.17, 15) is 4.79 Å². The number of carbonyl (C=O) groups excluding carboxylic acids is 1. The maximum Gasteiger partial charge on any atom is 0.252 e. The fourth-order valence-electron chi connectivity index (χ4n) is 6.46. The van der Waals surface area contributed by atoms with E-state index in [0.29, 0.717) is 19.1 Å². The van der Waals surface area contributed by atoms with Gasteiger partial charge in [-0.15, -0.1) is 0 Å². The third-order valence-corrected chi connectivity index (χ3v) is 8.73. The van der Waals surface area contributed by atoms with E-state index in [4.69, 9.17) is 9.72 Å². The van der Waals surface area contributed by atoms with Crippen LogP contribution in [0.15, 0.2) is 78.9 Å². The second-order valence-electron chi connectivity index (χ2n) is 11.3. The fourth-order valence-corrected chi connectivity index (χ4v) is 6.46. The van der Waals surface area contributed by atoms with Crippen molar-refractivity contribution in [2.24, 2.45) is 0 Å². The number of fused-ring (bicyclic) bond motifs is 1. The van der Waals surface area contributed by atoms with Crippen molar-refractivity contribution in [2.45, 2.75) is 51.2 Å². The molecule has 0 atom stereocenters. The summed E-state index contributed by atoms with van der Waals surface area (Å²) in [5.74, 6) is 0.744. The number of benzene rings is 3. The molecule has 41 heavy (non-hydrogen) atoms. The van der Waals surface area contributed by atoms with E-state index in [0.717, 1.165) is 57.7 Å². The van der Waals surface area contributed by atoms with Crippen LogP contribution < -0.4 is 10.1 Å².